The van der Waals surface area contributed by atoms with E-state index in [9.17, 15) is 0 Å². The molecule has 3 heteroatoms. The number of nitrogens with zero attached hydrogens (tertiary/aromatic N) is 1. The predicted octanol–water partition coefficient (Wildman–Crippen LogP) is 15.7. The lowest BCUT2D eigenvalue weighted by atomic mass is 9.56. The quantitative estimate of drug-likeness (QED) is 0.175. The molecular weight excluding hydrogens is 808 g/mol. The van der Waals surface area contributed by atoms with Crippen molar-refractivity contribution in [2.75, 3.05) is 5.32 Å². The third-order valence-electron chi connectivity index (χ3n) is 17.2. The topological polar surface area (TPSA) is 17.0 Å². The Labute approximate surface area is 400 Å². The molecule has 2 nitrogen and oxygen atoms in total. The first kappa shape index (κ1) is 42.6. The van der Waals surface area contributed by atoms with Gasteiger partial charge in [-0.25, -0.2) is 0 Å². The van der Waals surface area contributed by atoms with E-state index >= 15 is 0 Å². The van der Waals surface area contributed by atoms with E-state index in [4.69, 9.17) is 0 Å². The third kappa shape index (κ3) is 5.88. The van der Waals surface area contributed by atoms with Gasteiger partial charge in [-0.2, -0.15) is 0 Å². The van der Waals surface area contributed by atoms with Gasteiger partial charge in [0.15, 0.2) is 7.28 Å². The van der Waals surface area contributed by atoms with Gasteiger partial charge in [-0.3, -0.25) is 0 Å². The molecule has 8 aromatic rings. The molecule has 1 radical (unpaired) electrons. The number of nitrogens with one attached hydrogen (secondary N) is 1. The molecule has 335 valence electrons. The maximum Gasteiger partial charge on any atom is 0.197 e. The van der Waals surface area contributed by atoms with Crippen molar-refractivity contribution in [2.24, 2.45) is 0 Å². The number of anilines is 2. The highest BCUT2D eigenvalue weighted by atomic mass is 15.0. The lowest BCUT2D eigenvalue weighted by Gasteiger charge is -2.43. The van der Waals surface area contributed by atoms with Gasteiger partial charge < -0.3 is 9.88 Å². The Morgan fingerprint density at radius 2 is 1.12 bits per heavy atom. The molecule has 3 aliphatic carbocycles. The van der Waals surface area contributed by atoms with Gasteiger partial charge in [0, 0.05) is 49.7 Å². The Hall–Kier alpha value is -5.80. The summed E-state index contributed by atoms with van der Waals surface area (Å²) in [6, 6.07) is 45.3. The van der Waals surface area contributed by atoms with Crippen molar-refractivity contribution in [1.82, 2.24) is 4.57 Å². The molecule has 0 saturated carbocycles. The standard InChI is InChI=1S/C64H66BN2/c1-59(2,3)36-23-26-38(27-24-36)66-50-34-48-47(61(7,8)29-30-62(48,9)10)32-42(50)55-56-53(40-20-16-18-22-45(40)64(56,13)14)54-43-31-37(60(4,5)6)25-28-51(43)67-52-35-46-41(33-49(52)65-57(55)58(54)67)39-19-15-17-21-44(39)63(46,11)12/h15-28,31-35,66H,29-30H2,1-14H3. The van der Waals surface area contributed by atoms with Gasteiger partial charge in [0.25, 0.3) is 0 Å². The van der Waals surface area contributed by atoms with E-state index in [0.717, 1.165) is 18.5 Å². The molecule has 0 spiro atoms. The summed E-state index contributed by atoms with van der Waals surface area (Å²) in [4.78, 5) is 0. The number of rotatable bonds is 3. The van der Waals surface area contributed by atoms with Gasteiger partial charge in [-0.1, -0.05) is 175 Å². The largest absolute Gasteiger partial charge is 0.355 e. The highest BCUT2D eigenvalue weighted by Crippen LogP contribution is 2.59. The van der Waals surface area contributed by atoms with Crippen LogP contribution in [0.1, 0.15) is 154 Å². The molecule has 1 aliphatic heterocycles. The van der Waals surface area contributed by atoms with Crippen molar-refractivity contribution in [3.8, 4) is 39.1 Å². The highest BCUT2D eigenvalue weighted by Gasteiger charge is 2.45. The van der Waals surface area contributed by atoms with Crippen LogP contribution in [0.15, 0.2) is 115 Å². The first-order valence-electron chi connectivity index (χ1n) is 25.0. The fraction of sp³-hybridized carbons (Fsp3) is 0.344. The van der Waals surface area contributed by atoms with Crippen molar-refractivity contribution in [3.05, 3.63) is 160 Å². The van der Waals surface area contributed by atoms with Crippen LogP contribution in [0.3, 0.4) is 0 Å². The van der Waals surface area contributed by atoms with Gasteiger partial charge in [0.2, 0.25) is 0 Å². The number of fused-ring (bicyclic) bond motifs is 13. The molecule has 0 atom stereocenters. The van der Waals surface area contributed by atoms with Crippen LogP contribution in [0.25, 0.3) is 60.9 Å². The molecule has 12 rings (SSSR count). The second-order valence-corrected chi connectivity index (χ2v) is 25.2. The van der Waals surface area contributed by atoms with E-state index in [1.54, 1.807) is 0 Å². The molecule has 0 unspecified atom stereocenters. The van der Waals surface area contributed by atoms with Crippen LogP contribution in [0, 0.1) is 0 Å². The predicted molar refractivity (Wildman–Crippen MR) is 289 cm³/mol. The molecule has 2 heterocycles. The van der Waals surface area contributed by atoms with Crippen LogP contribution < -0.4 is 16.2 Å². The van der Waals surface area contributed by atoms with Crippen molar-refractivity contribution in [1.29, 1.82) is 0 Å². The molecule has 0 fully saturated rings. The zero-order chi connectivity index (χ0) is 47.1. The first-order valence-corrected chi connectivity index (χ1v) is 25.0. The number of hydrogen-bond acceptors (Lipinski definition) is 1. The van der Waals surface area contributed by atoms with Crippen molar-refractivity contribution in [2.45, 2.75) is 142 Å². The Morgan fingerprint density at radius 1 is 0.522 bits per heavy atom. The molecule has 0 bridgehead atoms. The summed E-state index contributed by atoms with van der Waals surface area (Å²) in [5, 5.41) is 6.86. The molecule has 7 aromatic carbocycles. The third-order valence-corrected chi connectivity index (χ3v) is 17.2. The Balaban J connectivity index is 1.26. The fourth-order valence-electron chi connectivity index (χ4n) is 13.1. The summed E-state index contributed by atoms with van der Waals surface area (Å²) in [6.45, 7) is 33.7. The molecular formula is C64H66BN2. The average molecular weight is 874 g/mol. The Morgan fingerprint density at radius 3 is 1.78 bits per heavy atom. The summed E-state index contributed by atoms with van der Waals surface area (Å²) >= 11 is 0. The number of benzene rings is 7. The van der Waals surface area contributed by atoms with Gasteiger partial charge >= 0.3 is 0 Å². The molecule has 4 aliphatic rings. The lowest BCUT2D eigenvalue weighted by Crippen LogP contribution is -2.39. The number of aromatic nitrogens is 1. The second kappa shape index (κ2) is 13.5. The molecule has 0 amide bonds. The summed E-state index contributed by atoms with van der Waals surface area (Å²) in [5.41, 5.74) is 27.9. The molecule has 1 N–H and O–H groups in total. The summed E-state index contributed by atoms with van der Waals surface area (Å²) in [7, 11) is 2.60. The fourth-order valence-corrected chi connectivity index (χ4v) is 13.1. The zero-order valence-electron chi connectivity index (χ0n) is 42.4. The van der Waals surface area contributed by atoms with Crippen LogP contribution in [-0.2, 0) is 32.5 Å². The SMILES string of the molecule is CC(C)(C)c1ccc(Nc2cc3c(cc2-c2c4c(c5c6cc(C(C)(C)C)ccc6n6c5c2[B]c2cc5c(cc2-6)C(C)(C)c2ccccc2-5)-c2ccccc2C4(C)C)C(C)(C)CCC3(C)C)cc1. The van der Waals surface area contributed by atoms with E-state index in [0.29, 0.717) is 0 Å². The smallest absolute Gasteiger partial charge is 0.197 e. The van der Waals surface area contributed by atoms with Gasteiger partial charge in [-0.05, 0) is 155 Å². The molecule has 67 heavy (non-hydrogen) atoms. The highest BCUT2D eigenvalue weighted by molar-refractivity contribution is 6.74. The normalized spacial score (nSPS) is 17.6. The Bertz CT molecular complexity index is 3460. The molecule has 1 aromatic heterocycles. The minimum absolute atomic E-state index is 0.0120. The van der Waals surface area contributed by atoms with Crippen LogP contribution >= 0.6 is 0 Å². The van der Waals surface area contributed by atoms with E-state index in [-0.39, 0.29) is 32.5 Å². The van der Waals surface area contributed by atoms with Crippen LogP contribution in [0.4, 0.5) is 11.4 Å². The zero-order valence-corrected chi connectivity index (χ0v) is 42.4. The van der Waals surface area contributed by atoms with Crippen molar-refractivity contribution >= 4 is 51.4 Å². The van der Waals surface area contributed by atoms with Crippen molar-refractivity contribution in [3.63, 3.8) is 0 Å². The Kier molecular flexibility index (Phi) is 8.55. The maximum absolute atomic E-state index is 4.14. The van der Waals surface area contributed by atoms with Crippen LogP contribution in [0.2, 0.25) is 0 Å². The second-order valence-electron chi connectivity index (χ2n) is 25.2. The summed E-state index contributed by atoms with van der Waals surface area (Å²) in [5.74, 6) is 0. The maximum atomic E-state index is 4.14. The van der Waals surface area contributed by atoms with E-state index in [2.05, 4.69) is 229 Å². The van der Waals surface area contributed by atoms with Gasteiger partial charge in [0.1, 0.15) is 0 Å². The minimum atomic E-state index is -0.284. The van der Waals surface area contributed by atoms with E-state index in [1.807, 2.05) is 0 Å². The van der Waals surface area contributed by atoms with Crippen LogP contribution in [0.5, 0.6) is 0 Å². The monoisotopic (exact) mass is 874 g/mol. The van der Waals surface area contributed by atoms with Crippen molar-refractivity contribution < 1.29 is 0 Å². The minimum Gasteiger partial charge on any atom is -0.355 e. The van der Waals surface area contributed by atoms with Gasteiger partial charge in [0.05, 0.1) is 5.52 Å². The summed E-state index contributed by atoms with van der Waals surface area (Å²) < 4.78 is 2.68. The lowest BCUT2D eigenvalue weighted by molar-refractivity contribution is 0.332. The van der Waals surface area contributed by atoms with Crippen LogP contribution in [-0.4, -0.2) is 11.8 Å². The van der Waals surface area contributed by atoms with E-state index in [1.165, 1.54) is 122 Å². The van der Waals surface area contributed by atoms with E-state index < -0.39 is 0 Å². The molecule has 0 saturated heterocycles. The van der Waals surface area contributed by atoms with Gasteiger partial charge in [-0.15, -0.1) is 0 Å². The first-order chi connectivity index (χ1) is 31.5. The average Bonchev–Trinajstić information content (AvgIpc) is 3.82. The number of hydrogen-bond donors (Lipinski definition) is 1. The summed E-state index contributed by atoms with van der Waals surface area (Å²) in [6.07, 6.45) is 2.31.